The molecule has 0 amide bonds. The summed E-state index contributed by atoms with van der Waals surface area (Å²) in [7, 11) is 0. The molecule has 21 heavy (non-hydrogen) atoms. The molecule has 2 rings (SSSR count). The minimum Gasteiger partial charge on any atom is -0.478 e. The van der Waals surface area contributed by atoms with Crippen molar-refractivity contribution in [3.8, 4) is 11.5 Å². The third kappa shape index (κ3) is 3.42. The Morgan fingerprint density at radius 3 is 2.43 bits per heavy atom. The van der Waals surface area contributed by atoms with Gasteiger partial charge in [-0.3, -0.25) is 0 Å². The second-order valence-electron chi connectivity index (χ2n) is 3.98. The lowest BCUT2D eigenvalue weighted by Gasteiger charge is -2.10. The van der Waals surface area contributed by atoms with E-state index in [2.05, 4.69) is 0 Å². The molecule has 0 radical (unpaired) electrons. The number of rotatable bonds is 4. The Bertz CT molecular complexity index is 711. The molecule has 0 bridgehead atoms. The number of benzene rings is 2. The first-order chi connectivity index (χ1) is 9.99. The number of carboxylic acids is 1. The Morgan fingerprint density at radius 2 is 1.71 bits per heavy atom. The maximum Gasteiger partial charge on any atom is 0.328 e. The molecule has 3 nitrogen and oxygen atoms in total. The predicted octanol–water partition coefficient (Wildman–Crippen LogP) is 3.99. The summed E-state index contributed by atoms with van der Waals surface area (Å²) >= 11 is 0. The van der Waals surface area contributed by atoms with Crippen LogP contribution in [-0.4, -0.2) is 11.1 Å². The van der Waals surface area contributed by atoms with Gasteiger partial charge in [-0.1, -0.05) is 18.2 Å². The Morgan fingerprint density at radius 1 is 1.05 bits per heavy atom. The Hall–Kier alpha value is -2.76. The SMILES string of the molecule is O=C(O)/C=C/c1cccc(F)c1Oc1cccc(F)c1F. The van der Waals surface area contributed by atoms with Crippen LogP contribution in [0.5, 0.6) is 11.5 Å². The summed E-state index contributed by atoms with van der Waals surface area (Å²) in [5.41, 5.74) is 0.0843. The van der Waals surface area contributed by atoms with Gasteiger partial charge in [0.15, 0.2) is 23.1 Å². The molecule has 108 valence electrons. The lowest BCUT2D eigenvalue weighted by Crippen LogP contribution is -1.96. The zero-order chi connectivity index (χ0) is 15.4. The van der Waals surface area contributed by atoms with Crippen LogP contribution in [0, 0.1) is 17.5 Å². The molecule has 2 aromatic carbocycles. The van der Waals surface area contributed by atoms with Crippen molar-refractivity contribution < 1.29 is 27.8 Å². The highest BCUT2D eigenvalue weighted by Crippen LogP contribution is 2.31. The molecule has 0 aliphatic heterocycles. The monoisotopic (exact) mass is 294 g/mol. The van der Waals surface area contributed by atoms with Crippen LogP contribution >= 0.6 is 0 Å². The van der Waals surface area contributed by atoms with Gasteiger partial charge in [0.1, 0.15) is 0 Å². The van der Waals surface area contributed by atoms with Crippen molar-refractivity contribution in [3.63, 3.8) is 0 Å². The van der Waals surface area contributed by atoms with Crippen molar-refractivity contribution in [3.05, 3.63) is 65.5 Å². The average molecular weight is 294 g/mol. The van der Waals surface area contributed by atoms with E-state index in [1.807, 2.05) is 0 Å². The number of hydrogen-bond acceptors (Lipinski definition) is 2. The van der Waals surface area contributed by atoms with Crippen LogP contribution < -0.4 is 4.74 Å². The van der Waals surface area contributed by atoms with E-state index in [0.29, 0.717) is 0 Å². The van der Waals surface area contributed by atoms with E-state index in [1.165, 1.54) is 18.2 Å². The van der Waals surface area contributed by atoms with Crippen LogP contribution in [0.25, 0.3) is 6.08 Å². The number of halogens is 3. The summed E-state index contributed by atoms with van der Waals surface area (Å²) in [5.74, 6) is -5.33. The maximum atomic E-state index is 13.8. The largest absolute Gasteiger partial charge is 0.478 e. The smallest absolute Gasteiger partial charge is 0.328 e. The van der Waals surface area contributed by atoms with E-state index >= 15 is 0 Å². The van der Waals surface area contributed by atoms with Crippen molar-refractivity contribution in [2.45, 2.75) is 0 Å². The van der Waals surface area contributed by atoms with Crippen LogP contribution in [0.2, 0.25) is 0 Å². The molecule has 1 N–H and O–H groups in total. The predicted molar refractivity (Wildman–Crippen MR) is 69.5 cm³/mol. The van der Waals surface area contributed by atoms with Crippen molar-refractivity contribution in [1.82, 2.24) is 0 Å². The highest BCUT2D eigenvalue weighted by molar-refractivity contribution is 5.85. The molecular formula is C15H9F3O3. The van der Waals surface area contributed by atoms with E-state index in [9.17, 15) is 18.0 Å². The Labute approximate surface area is 117 Å². The molecule has 0 unspecified atom stereocenters. The molecule has 0 atom stereocenters. The van der Waals surface area contributed by atoms with Gasteiger partial charge in [-0.15, -0.1) is 0 Å². The van der Waals surface area contributed by atoms with Crippen LogP contribution in [-0.2, 0) is 4.79 Å². The van der Waals surface area contributed by atoms with E-state index < -0.39 is 29.2 Å². The molecule has 2 aromatic rings. The van der Waals surface area contributed by atoms with Crippen molar-refractivity contribution in [2.24, 2.45) is 0 Å². The highest BCUT2D eigenvalue weighted by atomic mass is 19.2. The van der Waals surface area contributed by atoms with E-state index in [-0.39, 0.29) is 11.3 Å². The normalized spacial score (nSPS) is 10.8. The summed E-state index contributed by atoms with van der Waals surface area (Å²) in [4.78, 5) is 10.5. The standard InChI is InChI=1S/C15H9F3O3/c16-10-4-2-6-12(14(10)18)21-15-9(7-8-13(19)20)3-1-5-11(15)17/h1-8H,(H,19,20)/b8-7+. The molecule has 0 spiro atoms. The summed E-state index contributed by atoms with van der Waals surface area (Å²) in [6, 6.07) is 7.02. The quantitative estimate of drug-likeness (QED) is 0.867. The second-order valence-corrected chi connectivity index (χ2v) is 3.98. The number of hydrogen-bond donors (Lipinski definition) is 1. The number of para-hydroxylation sites is 1. The number of carbonyl (C=O) groups is 1. The fourth-order valence-corrected chi connectivity index (χ4v) is 1.60. The summed E-state index contributed by atoms with van der Waals surface area (Å²) < 4.78 is 45.4. The summed E-state index contributed by atoms with van der Waals surface area (Å²) in [5, 5.41) is 8.57. The average Bonchev–Trinajstić information content (AvgIpc) is 2.44. The first kappa shape index (κ1) is 14.6. The minimum absolute atomic E-state index is 0.0843. The van der Waals surface area contributed by atoms with Gasteiger partial charge in [-0.05, 0) is 24.3 Å². The molecule has 6 heteroatoms. The maximum absolute atomic E-state index is 13.8. The number of ether oxygens (including phenoxy) is 1. The molecule has 0 fully saturated rings. The summed E-state index contributed by atoms with van der Waals surface area (Å²) in [6.45, 7) is 0. The van der Waals surface area contributed by atoms with Crippen LogP contribution in [0.3, 0.4) is 0 Å². The fraction of sp³-hybridized carbons (Fsp3) is 0. The van der Waals surface area contributed by atoms with E-state index in [1.54, 1.807) is 0 Å². The molecular weight excluding hydrogens is 285 g/mol. The van der Waals surface area contributed by atoms with Gasteiger partial charge in [-0.25, -0.2) is 13.6 Å². The molecule has 0 aliphatic carbocycles. The van der Waals surface area contributed by atoms with Crippen LogP contribution in [0.1, 0.15) is 5.56 Å². The van der Waals surface area contributed by atoms with E-state index in [0.717, 1.165) is 30.4 Å². The van der Waals surface area contributed by atoms with Gasteiger partial charge in [0.25, 0.3) is 0 Å². The van der Waals surface area contributed by atoms with Gasteiger partial charge in [0.05, 0.1) is 0 Å². The van der Waals surface area contributed by atoms with Gasteiger partial charge >= 0.3 is 5.97 Å². The Kier molecular flexibility index (Phi) is 4.27. The number of carboxylic acid groups (broad SMARTS) is 1. The highest BCUT2D eigenvalue weighted by Gasteiger charge is 2.14. The molecule has 0 aliphatic rings. The van der Waals surface area contributed by atoms with Crippen molar-refractivity contribution >= 4 is 12.0 Å². The van der Waals surface area contributed by atoms with Gasteiger partial charge in [0, 0.05) is 11.6 Å². The van der Waals surface area contributed by atoms with Crippen molar-refractivity contribution in [1.29, 1.82) is 0 Å². The van der Waals surface area contributed by atoms with E-state index in [4.69, 9.17) is 9.84 Å². The second kappa shape index (κ2) is 6.13. The number of aliphatic carboxylic acids is 1. The molecule has 0 saturated heterocycles. The first-order valence-electron chi connectivity index (χ1n) is 5.80. The fourth-order valence-electron chi connectivity index (χ4n) is 1.60. The van der Waals surface area contributed by atoms with Gasteiger partial charge in [0.2, 0.25) is 5.82 Å². The first-order valence-corrected chi connectivity index (χ1v) is 5.80. The lowest BCUT2D eigenvalue weighted by molar-refractivity contribution is -0.131. The zero-order valence-electron chi connectivity index (χ0n) is 10.5. The van der Waals surface area contributed by atoms with Gasteiger partial charge < -0.3 is 9.84 Å². The van der Waals surface area contributed by atoms with Crippen molar-refractivity contribution in [2.75, 3.05) is 0 Å². The molecule has 0 saturated carbocycles. The summed E-state index contributed by atoms with van der Waals surface area (Å²) in [6.07, 6.45) is 1.88. The third-order valence-corrected chi connectivity index (χ3v) is 2.53. The topological polar surface area (TPSA) is 46.5 Å². The molecule has 0 aromatic heterocycles. The molecule has 0 heterocycles. The minimum atomic E-state index is -1.26. The van der Waals surface area contributed by atoms with Crippen LogP contribution in [0.4, 0.5) is 13.2 Å². The zero-order valence-corrected chi connectivity index (χ0v) is 10.5. The Balaban J connectivity index is 2.43. The van der Waals surface area contributed by atoms with Crippen LogP contribution in [0.15, 0.2) is 42.5 Å². The van der Waals surface area contributed by atoms with Gasteiger partial charge in [-0.2, -0.15) is 4.39 Å². The lowest BCUT2D eigenvalue weighted by atomic mass is 10.1. The third-order valence-electron chi connectivity index (χ3n) is 2.53.